The van der Waals surface area contributed by atoms with E-state index in [1.54, 1.807) is 37.6 Å². The van der Waals surface area contributed by atoms with Crippen molar-refractivity contribution in [3.8, 4) is 0 Å². The van der Waals surface area contributed by atoms with Crippen LogP contribution in [0.4, 0.5) is 0 Å². The van der Waals surface area contributed by atoms with E-state index in [9.17, 15) is 28.8 Å². The molecule has 2 heterocycles. The van der Waals surface area contributed by atoms with Crippen LogP contribution in [-0.4, -0.2) is 89.6 Å². The number of rotatable bonds is 5. The molecule has 1 aliphatic heterocycles. The molecule has 0 aliphatic carbocycles. The first-order valence-corrected chi connectivity index (χ1v) is 16.4. The van der Waals surface area contributed by atoms with Crippen molar-refractivity contribution < 1.29 is 28.8 Å². The van der Waals surface area contributed by atoms with Crippen molar-refractivity contribution in [3.05, 3.63) is 65.2 Å². The zero-order valence-electron chi connectivity index (χ0n) is 26.9. The highest BCUT2D eigenvalue weighted by Gasteiger charge is 2.32. The molecule has 0 saturated carbocycles. The van der Waals surface area contributed by atoms with Crippen molar-refractivity contribution in [2.24, 2.45) is 5.92 Å². The Labute approximate surface area is 277 Å². The normalized spacial score (nSPS) is 22.5. The van der Waals surface area contributed by atoms with Crippen molar-refractivity contribution in [2.75, 3.05) is 20.1 Å². The van der Waals surface area contributed by atoms with Gasteiger partial charge in [0.1, 0.15) is 24.2 Å². The second-order valence-electron chi connectivity index (χ2n) is 12.0. The number of thiazole rings is 1. The third-order valence-corrected chi connectivity index (χ3v) is 8.67. The highest BCUT2D eigenvalue weighted by Crippen LogP contribution is 2.19. The number of likely N-dealkylation sites (N-methyl/N-ethyl adjacent to an activating group) is 1. The van der Waals surface area contributed by atoms with Crippen LogP contribution in [-0.2, 0) is 30.4 Å². The molecule has 1 aliphatic rings. The van der Waals surface area contributed by atoms with E-state index in [2.05, 4.69) is 31.6 Å². The second-order valence-corrected chi connectivity index (χ2v) is 12.8. The maximum absolute atomic E-state index is 13.6. The number of hydrogen-bond donors (Lipinski definition) is 5. The summed E-state index contributed by atoms with van der Waals surface area (Å²) in [7, 11) is 1.47. The fourth-order valence-corrected chi connectivity index (χ4v) is 5.82. The Bertz CT molecular complexity index is 1610. The smallest absolute Gasteiger partial charge is 0.252 e. The molecular formula is C33H41N7O6S. The molecule has 0 radical (unpaired) electrons. The van der Waals surface area contributed by atoms with Crippen molar-refractivity contribution >= 4 is 57.0 Å². The van der Waals surface area contributed by atoms with Crippen molar-refractivity contribution in [2.45, 2.75) is 64.2 Å². The van der Waals surface area contributed by atoms with Gasteiger partial charge in [-0.2, -0.15) is 0 Å². The fourth-order valence-electron chi connectivity index (χ4n) is 5.16. The molecule has 0 unspecified atom stereocenters. The zero-order chi connectivity index (χ0) is 34.1. The molecule has 0 bridgehead atoms. The van der Waals surface area contributed by atoms with Gasteiger partial charge in [0, 0.05) is 25.6 Å². The molecule has 4 rings (SSSR count). The van der Waals surface area contributed by atoms with Crippen LogP contribution in [0.3, 0.4) is 0 Å². The van der Waals surface area contributed by atoms with E-state index in [-0.39, 0.29) is 31.8 Å². The second kappa shape index (κ2) is 16.1. The molecule has 0 spiro atoms. The minimum atomic E-state index is -1.06. The van der Waals surface area contributed by atoms with Crippen molar-refractivity contribution in [1.82, 2.24) is 36.5 Å². The molecule has 1 aromatic heterocycles. The Hall–Kier alpha value is -4.85. The van der Waals surface area contributed by atoms with E-state index >= 15 is 0 Å². The summed E-state index contributed by atoms with van der Waals surface area (Å²) in [6, 6.07) is 10.1. The SMILES string of the molecule is CC(C)[C@H]1NC(=O)[C@@H](NC(=O)c2ccc3scnc3c2)CCCNC(=O)CN(C)C(=O)[C@H](Cc2ccccc2)NC(=O)[C@@H](C)NC1=O. The molecule has 4 atom stereocenters. The maximum atomic E-state index is 13.6. The quantitative estimate of drug-likeness (QED) is 0.272. The molecular weight excluding hydrogens is 622 g/mol. The summed E-state index contributed by atoms with van der Waals surface area (Å²) in [4.78, 5) is 85.2. The first kappa shape index (κ1) is 35.0. The number of benzene rings is 2. The van der Waals surface area contributed by atoms with E-state index in [0.717, 1.165) is 10.3 Å². The van der Waals surface area contributed by atoms with Crippen molar-refractivity contribution in [3.63, 3.8) is 0 Å². The number of nitrogens with zero attached hydrogens (tertiary/aromatic N) is 2. The lowest BCUT2D eigenvalue weighted by Crippen LogP contribution is -2.59. The third kappa shape index (κ3) is 9.58. The maximum Gasteiger partial charge on any atom is 0.252 e. The van der Waals surface area contributed by atoms with E-state index in [1.165, 1.54) is 30.2 Å². The van der Waals surface area contributed by atoms with Gasteiger partial charge >= 0.3 is 0 Å². The number of carbonyl (C=O) groups is 6. The van der Waals surface area contributed by atoms with Crippen molar-refractivity contribution in [1.29, 1.82) is 0 Å². The van der Waals surface area contributed by atoms with E-state index < -0.39 is 59.6 Å². The van der Waals surface area contributed by atoms with Gasteiger partial charge in [0.15, 0.2) is 0 Å². The van der Waals surface area contributed by atoms with E-state index in [4.69, 9.17) is 0 Å². The van der Waals surface area contributed by atoms with Gasteiger partial charge in [-0.3, -0.25) is 28.8 Å². The molecule has 250 valence electrons. The Morgan fingerprint density at radius 2 is 1.74 bits per heavy atom. The topological polar surface area (TPSA) is 179 Å². The van der Waals surface area contributed by atoms with Crippen LogP contribution in [0.2, 0.25) is 0 Å². The van der Waals surface area contributed by atoms with Crippen LogP contribution in [0, 0.1) is 5.92 Å². The zero-order valence-corrected chi connectivity index (χ0v) is 27.7. The van der Waals surface area contributed by atoms with Crippen LogP contribution in [0.5, 0.6) is 0 Å². The van der Waals surface area contributed by atoms with Crippen LogP contribution in [0.25, 0.3) is 10.2 Å². The number of hydrogen-bond acceptors (Lipinski definition) is 8. The van der Waals surface area contributed by atoms with E-state index in [1.807, 2.05) is 30.3 Å². The number of fused-ring (bicyclic) bond motifs is 1. The number of nitrogens with one attached hydrogen (secondary N) is 5. The molecule has 1 saturated heterocycles. The lowest BCUT2D eigenvalue weighted by molar-refractivity contribution is -0.139. The molecule has 14 heteroatoms. The minimum Gasteiger partial charge on any atom is -0.355 e. The highest BCUT2D eigenvalue weighted by molar-refractivity contribution is 7.16. The van der Waals surface area contributed by atoms with Gasteiger partial charge in [-0.15, -0.1) is 11.3 Å². The number of carbonyl (C=O) groups excluding carboxylic acids is 6. The fraction of sp³-hybridized carbons (Fsp3) is 0.424. The van der Waals surface area contributed by atoms with Crippen LogP contribution < -0.4 is 26.6 Å². The van der Waals surface area contributed by atoms with Crippen LogP contribution >= 0.6 is 11.3 Å². The van der Waals surface area contributed by atoms with E-state index in [0.29, 0.717) is 17.5 Å². The summed E-state index contributed by atoms with van der Waals surface area (Å²) in [5, 5.41) is 13.6. The first-order valence-electron chi connectivity index (χ1n) is 15.5. The molecule has 3 aromatic rings. The first-order chi connectivity index (χ1) is 22.4. The Morgan fingerprint density at radius 3 is 2.47 bits per heavy atom. The van der Waals surface area contributed by atoms with Crippen LogP contribution in [0.15, 0.2) is 54.0 Å². The predicted molar refractivity (Wildman–Crippen MR) is 177 cm³/mol. The van der Waals surface area contributed by atoms with Gasteiger partial charge in [-0.05, 0) is 49.4 Å². The number of aromatic nitrogens is 1. The van der Waals surface area contributed by atoms with Gasteiger partial charge in [0.05, 0.1) is 22.3 Å². The third-order valence-electron chi connectivity index (χ3n) is 7.86. The lowest BCUT2D eigenvalue weighted by atomic mass is 10.0. The molecule has 2 aromatic carbocycles. The Balaban J connectivity index is 1.55. The molecule has 6 amide bonds. The minimum absolute atomic E-state index is 0.149. The summed E-state index contributed by atoms with van der Waals surface area (Å²) >= 11 is 1.44. The van der Waals surface area contributed by atoms with Gasteiger partial charge in [-0.1, -0.05) is 44.2 Å². The summed E-state index contributed by atoms with van der Waals surface area (Å²) in [5.41, 5.74) is 3.46. The average Bonchev–Trinajstić information content (AvgIpc) is 3.52. The van der Waals surface area contributed by atoms with Gasteiger partial charge < -0.3 is 31.5 Å². The molecule has 1 fully saturated rings. The molecule has 47 heavy (non-hydrogen) atoms. The number of amides is 6. The summed E-state index contributed by atoms with van der Waals surface area (Å²) < 4.78 is 0.916. The van der Waals surface area contributed by atoms with Gasteiger partial charge in [0.25, 0.3) is 5.91 Å². The molecule has 13 nitrogen and oxygen atoms in total. The summed E-state index contributed by atoms with van der Waals surface area (Å²) in [6.45, 7) is 4.88. The Kier molecular flexibility index (Phi) is 12.0. The average molecular weight is 664 g/mol. The van der Waals surface area contributed by atoms with Gasteiger partial charge in [-0.25, -0.2) is 4.98 Å². The van der Waals surface area contributed by atoms with Crippen LogP contribution in [0.1, 0.15) is 49.5 Å². The largest absolute Gasteiger partial charge is 0.355 e. The summed E-state index contributed by atoms with van der Waals surface area (Å²) in [6.07, 6.45) is 0.637. The summed E-state index contributed by atoms with van der Waals surface area (Å²) in [5.74, 6) is -3.54. The monoisotopic (exact) mass is 663 g/mol. The predicted octanol–water partition coefficient (Wildman–Crippen LogP) is 1.14. The highest BCUT2D eigenvalue weighted by atomic mass is 32.1. The van der Waals surface area contributed by atoms with Gasteiger partial charge in [0.2, 0.25) is 29.5 Å². The standard InChI is InChI=1S/C33H41N7O6S/c1-19(2)28-32(45)36-20(3)29(42)38-25(15-21-9-6-5-7-10-21)33(46)40(4)17-27(41)34-14-8-11-23(31(44)39-28)37-30(43)22-12-13-26-24(16-22)35-18-47-26/h5-7,9-10,12-13,16,18-20,23,25,28H,8,11,14-15,17H2,1-4H3,(H,34,41)(H,36,45)(H,37,43)(H,38,42)(H,39,44)/t20-,23+,25+,28-/m1/s1. The lowest BCUT2D eigenvalue weighted by Gasteiger charge is -2.28. The Morgan fingerprint density at radius 1 is 1.00 bits per heavy atom. The molecule has 5 N–H and O–H groups in total.